The summed E-state index contributed by atoms with van der Waals surface area (Å²) in [5, 5.41) is 18.1. The number of aliphatic hydroxyl groups is 2. The van der Waals surface area contributed by atoms with Crippen LogP contribution in [0.5, 0.6) is 0 Å². The van der Waals surface area contributed by atoms with E-state index in [2.05, 4.69) is 11.8 Å². The van der Waals surface area contributed by atoms with Gasteiger partial charge in [0.15, 0.2) is 0 Å². The molecule has 0 aromatic carbocycles. The van der Waals surface area contributed by atoms with Gasteiger partial charge in [0.25, 0.3) is 0 Å². The molecule has 2 unspecified atom stereocenters. The summed E-state index contributed by atoms with van der Waals surface area (Å²) in [5.41, 5.74) is 0. The van der Waals surface area contributed by atoms with Gasteiger partial charge in [-0.05, 0) is 26.3 Å². The number of rotatable bonds is 3. The zero-order valence-corrected chi connectivity index (χ0v) is 8.45. The lowest BCUT2D eigenvalue weighted by atomic mass is 10.1. The zero-order valence-electron chi connectivity index (χ0n) is 8.45. The topological polar surface area (TPSA) is 43.7 Å². The smallest absolute Gasteiger partial charge is 0.0897 e. The van der Waals surface area contributed by atoms with E-state index in [4.69, 9.17) is 5.11 Å². The molecule has 0 bridgehead atoms. The SMILES string of the molecule is CC1CCCCCN1CC(O)CO. The van der Waals surface area contributed by atoms with Gasteiger partial charge in [-0.25, -0.2) is 0 Å². The molecule has 0 aliphatic carbocycles. The molecule has 1 aliphatic heterocycles. The number of nitrogens with zero attached hydrogens (tertiary/aromatic N) is 1. The van der Waals surface area contributed by atoms with Crippen LogP contribution in [0.1, 0.15) is 32.6 Å². The highest BCUT2D eigenvalue weighted by Gasteiger charge is 2.18. The molecule has 0 radical (unpaired) electrons. The second kappa shape index (κ2) is 5.58. The molecule has 1 heterocycles. The predicted octanol–water partition coefficient (Wildman–Crippen LogP) is 0.604. The average Bonchev–Trinajstić information content (AvgIpc) is 2.32. The third kappa shape index (κ3) is 3.63. The number of β-amino-alcohol motifs (C(OH)–C–C–N with tert-alkyl or cyclic N) is 1. The first-order chi connectivity index (χ1) is 6.24. The highest BCUT2D eigenvalue weighted by Crippen LogP contribution is 2.16. The highest BCUT2D eigenvalue weighted by atomic mass is 16.3. The summed E-state index contributed by atoms with van der Waals surface area (Å²) in [7, 11) is 0. The van der Waals surface area contributed by atoms with Crippen LogP contribution in [0.2, 0.25) is 0 Å². The Kier molecular flexibility index (Phi) is 4.70. The van der Waals surface area contributed by atoms with Gasteiger partial charge in [-0.1, -0.05) is 12.8 Å². The first-order valence-corrected chi connectivity index (χ1v) is 5.27. The van der Waals surface area contributed by atoms with E-state index in [1.54, 1.807) is 0 Å². The number of hydrogen-bond acceptors (Lipinski definition) is 3. The van der Waals surface area contributed by atoms with Crippen LogP contribution < -0.4 is 0 Å². The van der Waals surface area contributed by atoms with Crippen LogP contribution in [0.4, 0.5) is 0 Å². The van der Waals surface area contributed by atoms with Crippen molar-refractivity contribution in [1.82, 2.24) is 4.90 Å². The Labute approximate surface area is 80.4 Å². The maximum absolute atomic E-state index is 9.33. The summed E-state index contributed by atoms with van der Waals surface area (Å²) in [5.74, 6) is 0. The van der Waals surface area contributed by atoms with Gasteiger partial charge < -0.3 is 10.2 Å². The lowest BCUT2D eigenvalue weighted by Gasteiger charge is -2.28. The third-order valence-electron chi connectivity index (χ3n) is 2.85. The van der Waals surface area contributed by atoms with E-state index in [0.717, 1.165) is 6.54 Å². The van der Waals surface area contributed by atoms with Gasteiger partial charge in [0, 0.05) is 12.6 Å². The van der Waals surface area contributed by atoms with Gasteiger partial charge in [0.05, 0.1) is 12.7 Å². The maximum atomic E-state index is 9.33. The molecule has 1 aliphatic rings. The largest absolute Gasteiger partial charge is 0.394 e. The van der Waals surface area contributed by atoms with Crippen molar-refractivity contribution in [2.45, 2.75) is 44.8 Å². The van der Waals surface area contributed by atoms with Crippen molar-refractivity contribution in [1.29, 1.82) is 0 Å². The molecule has 2 atom stereocenters. The van der Waals surface area contributed by atoms with Crippen molar-refractivity contribution >= 4 is 0 Å². The molecular formula is C10H21NO2. The number of hydrogen-bond donors (Lipinski definition) is 2. The van der Waals surface area contributed by atoms with E-state index in [0.29, 0.717) is 12.6 Å². The summed E-state index contributed by atoms with van der Waals surface area (Å²) in [6.07, 6.45) is 4.48. The van der Waals surface area contributed by atoms with Gasteiger partial charge in [-0.3, -0.25) is 4.90 Å². The maximum Gasteiger partial charge on any atom is 0.0897 e. The van der Waals surface area contributed by atoms with Crippen LogP contribution in [-0.2, 0) is 0 Å². The molecule has 0 aromatic rings. The molecule has 0 amide bonds. The minimum Gasteiger partial charge on any atom is -0.394 e. The van der Waals surface area contributed by atoms with E-state index in [-0.39, 0.29) is 6.61 Å². The van der Waals surface area contributed by atoms with Gasteiger partial charge in [-0.2, -0.15) is 0 Å². The Morgan fingerprint density at radius 1 is 1.38 bits per heavy atom. The first-order valence-electron chi connectivity index (χ1n) is 5.27. The number of likely N-dealkylation sites (tertiary alicyclic amines) is 1. The Bertz CT molecular complexity index is 141. The van der Waals surface area contributed by atoms with Crippen molar-refractivity contribution in [3.63, 3.8) is 0 Å². The van der Waals surface area contributed by atoms with Crippen LogP contribution in [0, 0.1) is 0 Å². The normalized spacial score (nSPS) is 28.4. The summed E-state index contributed by atoms with van der Waals surface area (Å²) < 4.78 is 0. The van der Waals surface area contributed by atoms with Crippen LogP contribution in [0.15, 0.2) is 0 Å². The predicted molar refractivity (Wildman–Crippen MR) is 52.6 cm³/mol. The molecular weight excluding hydrogens is 166 g/mol. The molecule has 13 heavy (non-hydrogen) atoms. The lowest BCUT2D eigenvalue weighted by Crippen LogP contribution is -2.39. The highest BCUT2D eigenvalue weighted by molar-refractivity contribution is 4.73. The van der Waals surface area contributed by atoms with Crippen molar-refractivity contribution in [2.24, 2.45) is 0 Å². The second-order valence-corrected chi connectivity index (χ2v) is 4.03. The fraction of sp³-hybridized carbons (Fsp3) is 1.00. The van der Waals surface area contributed by atoms with Gasteiger partial charge >= 0.3 is 0 Å². The molecule has 1 fully saturated rings. The van der Waals surface area contributed by atoms with E-state index in [1.807, 2.05) is 0 Å². The minimum atomic E-state index is -0.569. The van der Waals surface area contributed by atoms with E-state index in [1.165, 1.54) is 25.7 Å². The van der Waals surface area contributed by atoms with E-state index >= 15 is 0 Å². The first kappa shape index (κ1) is 11.0. The van der Waals surface area contributed by atoms with E-state index in [9.17, 15) is 5.11 Å². The van der Waals surface area contributed by atoms with Crippen molar-refractivity contribution in [3.05, 3.63) is 0 Å². The molecule has 0 aromatic heterocycles. The van der Waals surface area contributed by atoms with Crippen molar-refractivity contribution < 1.29 is 10.2 Å². The Balaban J connectivity index is 2.35. The summed E-state index contributed by atoms with van der Waals surface area (Å²) in [6.45, 7) is 3.77. The Hall–Kier alpha value is -0.120. The number of aliphatic hydroxyl groups excluding tert-OH is 2. The summed E-state index contributed by atoms with van der Waals surface area (Å²) in [6, 6.07) is 0.559. The fourth-order valence-electron chi connectivity index (χ4n) is 1.93. The lowest BCUT2D eigenvalue weighted by molar-refractivity contribution is 0.0480. The van der Waals surface area contributed by atoms with Crippen molar-refractivity contribution in [2.75, 3.05) is 19.7 Å². The van der Waals surface area contributed by atoms with E-state index < -0.39 is 6.10 Å². The second-order valence-electron chi connectivity index (χ2n) is 4.03. The average molecular weight is 187 g/mol. The standard InChI is InChI=1S/C10H21NO2/c1-9-5-3-2-4-6-11(9)7-10(13)8-12/h9-10,12-13H,2-8H2,1H3. The molecule has 78 valence electrons. The summed E-state index contributed by atoms with van der Waals surface area (Å²) in [4.78, 5) is 2.29. The van der Waals surface area contributed by atoms with Gasteiger partial charge in [-0.15, -0.1) is 0 Å². The Morgan fingerprint density at radius 2 is 2.15 bits per heavy atom. The summed E-state index contributed by atoms with van der Waals surface area (Å²) >= 11 is 0. The van der Waals surface area contributed by atoms with Crippen LogP contribution in [0.25, 0.3) is 0 Å². The molecule has 0 saturated carbocycles. The quantitative estimate of drug-likeness (QED) is 0.680. The van der Waals surface area contributed by atoms with Crippen LogP contribution >= 0.6 is 0 Å². The molecule has 1 rings (SSSR count). The Morgan fingerprint density at radius 3 is 2.85 bits per heavy atom. The minimum absolute atomic E-state index is 0.122. The van der Waals surface area contributed by atoms with Gasteiger partial charge in [0.1, 0.15) is 0 Å². The molecule has 3 nitrogen and oxygen atoms in total. The molecule has 0 spiro atoms. The third-order valence-corrected chi connectivity index (χ3v) is 2.85. The monoisotopic (exact) mass is 187 g/mol. The van der Waals surface area contributed by atoms with Gasteiger partial charge in [0.2, 0.25) is 0 Å². The molecule has 2 N–H and O–H groups in total. The van der Waals surface area contributed by atoms with Crippen LogP contribution in [-0.4, -0.2) is 47.0 Å². The van der Waals surface area contributed by atoms with Crippen LogP contribution in [0.3, 0.4) is 0 Å². The molecule has 3 heteroatoms. The zero-order chi connectivity index (χ0) is 9.68. The van der Waals surface area contributed by atoms with Crippen molar-refractivity contribution in [3.8, 4) is 0 Å². The fourth-order valence-corrected chi connectivity index (χ4v) is 1.93. The molecule has 1 saturated heterocycles.